The minimum atomic E-state index is -0.399. The van der Waals surface area contributed by atoms with Gasteiger partial charge in [-0.05, 0) is 116 Å². The lowest BCUT2D eigenvalue weighted by Crippen LogP contribution is -2.51. The zero-order valence-corrected chi connectivity index (χ0v) is 25.1. The molecule has 2 saturated heterocycles. The van der Waals surface area contributed by atoms with Gasteiger partial charge in [-0.15, -0.1) is 0 Å². The van der Waals surface area contributed by atoms with Crippen molar-refractivity contribution in [2.75, 3.05) is 44.2 Å². The van der Waals surface area contributed by atoms with Crippen LogP contribution in [0.5, 0.6) is 5.75 Å². The van der Waals surface area contributed by atoms with Gasteiger partial charge in [0.15, 0.2) is 0 Å². The molecule has 8 heteroatoms. The van der Waals surface area contributed by atoms with Gasteiger partial charge in [-0.25, -0.2) is 0 Å². The number of ether oxygens (including phenoxy) is 1. The number of anilines is 1. The van der Waals surface area contributed by atoms with Crippen LogP contribution in [-0.4, -0.2) is 66.2 Å². The molecule has 7 nitrogen and oxygen atoms in total. The monoisotopic (exact) mass is 585 g/mol. The Hall–Kier alpha value is -3.26. The lowest BCUT2D eigenvalue weighted by Gasteiger charge is -2.57. The number of amides is 3. The Morgan fingerprint density at radius 3 is 2.26 bits per heavy atom. The second-order valence-electron chi connectivity index (χ2n) is 12.9. The third-order valence-corrected chi connectivity index (χ3v) is 11.1. The van der Waals surface area contributed by atoms with Gasteiger partial charge in [0.2, 0.25) is 5.91 Å². The molecule has 0 aromatic heterocycles. The first-order chi connectivity index (χ1) is 20.4. The fourth-order valence-corrected chi connectivity index (χ4v) is 9.44. The van der Waals surface area contributed by atoms with E-state index in [0.717, 1.165) is 64.5 Å². The Bertz CT molecular complexity index is 1380. The lowest BCUT2D eigenvalue weighted by molar-refractivity contribution is -0.136. The third-order valence-electron chi connectivity index (χ3n) is 10.2. The van der Waals surface area contributed by atoms with Crippen molar-refractivity contribution in [1.82, 2.24) is 9.80 Å². The highest BCUT2D eigenvalue weighted by Crippen LogP contribution is 2.61. The van der Waals surface area contributed by atoms with Crippen LogP contribution in [-0.2, 0) is 15.0 Å². The summed E-state index contributed by atoms with van der Waals surface area (Å²) in [6.07, 6.45) is 9.73. The maximum Gasteiger partial charge on any atom is 0.294 e. The van der Waals surface area contributed by atoms with Crippen molar-refractivity contribution in [3.63, 3.8) is 0 Å². The van der Waals surface area contributed by atoms with Gasteiger partial charge in [0.25, 0.3) is 11.1 Å². The smallest absolute Gasteiger partial charge is 0.294 e. The van der Waals surface area contributed by atoms with Crippen LogP contribution in [0.25, 0.3) is 6.08 Å². The molecule has 0 atom stereocenters. The molecule has 2 aromatic carbocycles. The number of hydrogen-bond acceptors (Lipinski definition) is 6. The number of carbonyl (C=O) groups is 3. The van der Waals surface area contributed by atoms with Crippen molar-refractivity contribution in [1.29, 1.82) is 0 Å². The van der Waals surface area contributed by atoms with Gasteiger partial charge in [0.05, 0.1) is 11.5 Å². The maximum absolute atomic E-state index is 13.4. The van der Waals surface area contributed by atoms with E-state index in [-0.39, 0.29) is 17.9 Å². The normalized spacial score (nSPS) is 29.6. The maximum atomic E-state index is 13.4. The first-order valence-corrected chi connectivity index (χ1v) is 16.3. The highest BCUT2D eigenvalue weighted by molar-refractivity contribution is 8.18. The van der Waals surface area contributed by atoms with Crippen LogP contribution in [0.2, 0.25) is 0 Å². The molecule has 0 unspecified atom stereocenters. The molecule has 0 radical (unpaired) electrons. The summed E-state index contributed by atoms with van der Waals surface area (Å²) in [6.45, 7) is 4.82. The number of piperazine rings is 1. The number of para-hydroxylation sites is 1. The van der Waals surface area contributed by atoms with E-state index in [9.17, 15) is 14.4 Å². The second kappa shape index (κ2) is 11.1. The Morgan fingerprint density at radius 2 is 1.62 bits per heavy atom. The minimum Gasteiger partial charge on any atom is -0.493 e. The lowest BCUT2D eigenvalue weighted by atomic mass is 9.48. The van der Waals surface area contributed by atoms with Crippen LogP contribution in [0.4, 0.5) is 10.5 Å². The molecule has 2 aliphatic heterocycles. The van der Waals surface area contributed by atoms with Crippen molar-refractivity contribution in [3.8, 4) is 5.75 Å². The quantitative estimate of drug-likeness (QED) is 0.375. The average Bonchev–Trinajstić information content (AvgIpc) is 3.25. The van der Waals surface area contributed by atoms with Crippen LogP contribution in [0, 0.1) is 17.8 Å². The van der Waals surface area contributed by atoms with Crippen molar-refractivity contribution >= 4 is 40.6 Å². The molecule has 6 aliphatic rings. The summed E-state index contributed by atoms with van der Waals surface area (Å²) in [4.78, 5) is 45.0. The van der Waals surface area contributed by atoms with E-state index in [1.807, 2.05) is 37.3 Å². The minimum absolute atomic E-state index is 0.190. The van der Waals surface area contributed by atoms with E-state index in [0.29, 0.717) is 24.6 Å². The predicted octanol–water partition coefficient (Wildman–Crippen LogP) is 5.94. The van der Waals surface area contributed by atoms with Crippen molar-refractivity contribution in [2.24, 2.45) is 17.8 Å². The third kappa shape index (κ3) is 5.12. The summed E-state index contributed by atoms with van der Waals surface area (Å²) in [5.74, 6) is 2.64. The Balaban J connectivity index is 1.06. The van der Waals surface area contributed by atoms with E-state index in [2.05, 4.69) is 29.2 Å². The van der Waals surface area contributed by atoms with Crippen LogP contribution in [0.1, 0.15) is 56.6 Å². The molecule has 4 aliphatic carbocycles. The van der Waals surface area contributed by atoms with Crippen LogP contribution in [0.15, 0.2) is 53.4 Å². The molecule has 2 heterocycles. The average molecular weight is 586 g/mol. The Morgan fingerprint density at radius 1 is 0.952 bits per heavy atom. The van der Waals surface area contributed by atoms with Crippen molar-refractivity contribution in [3.05, 3.63) is 64.6 Å². The van der Waals surface area contributed by atoms with Gasteiger partial charge >= 0.3 is 0 Å². The molecule has 0 spiro atoms. The zero-order valence-electron chi connectivity index (χ0n) is 24.3. The van der Waals surface area contributed by atoms with E-state index in [1.54, 1.807) is 4.90 Å². The first-order valence-electron chi connectivity index (χ1n) is 15.5. The fourth-order valence-electron chi connectivity index (χ4n) is 8.61. The molecule has 0 N–H and O–H groups in total. The zero-order chi connectivity index (χ0) is 28.8. The number of benzene rings is 2. The molecule has 4 saturated carbocycles. The number of rotatable bonds is 7. The summed E-state index contributed by atoms with van der Waals surface area (Å²) in [6, 6.07) is 16.6. The highest BCUT2D eigenvalue weighted by Gasteiger charge is 2.51. The number of imide groups is 1. The van der Waals surface area contributed by atoms with Crippen LogP contribution < -0.4 is 9.64 Å². The van der Waals surface area contributed by atoms with Crippen LogP contribution >= 0.6 is 11.8 Å². The van der Waals surface area contributed by atoms with E-state index >= 15 is 0 Å². The molecule has 220 valence electrons. The van der Waals surface area contributed by atoms with Gasteiger partial charge in [0.1, 0.15) is 12.3 Å². The SMILES string of the molecule is CCOc1ccc(C23CC4CC(CC(C4)C2)C3)cc1/C=C1/SC(=O)N(CC(=O)N2CCN(c3ccccc3)CC2)C1=O. The fraction of sp³-hybridized carbons (Fsp3) is 0.500. The highest BCUT2D eigenvalue weighted by atomic mass is 32.2. The van der Waals surface area contributed by atoms with Gasteiger partial charge in [-0.1, -0.05) is 24.3 Å². The second-order valence-corrected chi connectivity index (χ2v) is 13.8. The molecule has 3 amide bonds. The van der Waals surface area contributed by atoms with Crippen molar-refractivity contribution in [2.45, 2.75) is 50.9 Å². The number of nitrogens with zero attached hydrogens (tertiary/aromatic N) is 3. The van der Waals surface area contributed by atoms with E-state index < -0.39 is 11.1 Å². The predicted molar refractivity (Wildman–Crippen MR) is 165 cm³/mol. The molecular formula is C34H39N3O4S. The van der Waals surface area contributed by atoms with Gasteiger partial charge in [-0.3, -0.25) is 19.3 Å². The largest absolute Gasteiger partial charge is 0.493 e. The summed E-state index contributed by atoms with van der Waals surface area (Å²) >= 11 is 0.919. The van der Waals surface area contributed by atoms with Gasteiger partial charge in [-0.2, -0.15) is 0 Å². The first kappa shape index (κ1) is 27.6. The summed E-state index contributed by atoms with van der Waals surface area (Å²) in [5, 5.41) is -0.391. The molecule has 4 bridgehead atoms. The molecular weight excluding hydrogens is 546 g/mol. The Kier molecular flexibility index (Phi) is 7.29. The summed E-state index contributed by atoms with van der Waals surface area (Å²) < 4.78 is 5.97. The van der Waals surface area contributed by atoms with Gasteiger partial charge < -0.3 is 14.5 Å². The topological polar surface area (TPSA) is 70.2 Å². The standard InChI is InChI=1S/C34H39N3O4S/c1-2-41-29-9-8-27(34-19-23-14-24(20-34)16-25(15-23)21-34)17-26(29)18-30-32(39)37(33(40)42-30)22-31(38)36-12-10-35(11-13-36)28-6-4-3-5-7-28/h3-9,17-18,23-25H,2,10-16,19-22H2,1H3/b30-18+. The number of thioether (sulfide) groups is 1. The van der Waals surface area contributed by atoms with Crippen molar-refractivity contribution < 1.29 is 19.1 Å². The molecule has 8 rings (SSSR count). The Labute approximate surface area is 252 Å². The van der Waals surface area contributed by atoms with Gasteiger partial charge in [0, 0.05) is 37.4 Å². The summed E-state index contributed by atoms with van der Waals surface area (Å²) in [7, 11) is 0. The molecule has 2 aromatic rings. The van der Waals surface area contributed by atoms with E-state index in [4.69, 9.17) is 4.74 Å². The number of hydrogen-bond donors (Lipinski definition) is 0. The molecule has 6 fully saturated rings. The summed E-state index contributed by atoms with van der Waals surface area (Å²) in [5.41, 5.74) is 3.55. The van der Waals surface area contributed by atoms with E-state index in [1.165, 1.54) is 44.1 Å². The van der Waals surface area contributed by atoms with Crippen LogP contribution in [0.3, 0.4) is 0 Å². The number of carbonyl (C=O) groups excluding carboxylic acids is 3. The molecule has 42 heavy (non-hydrogen) atoms.